The zero-order valence-electron chi connectivity index (χ0n) is 23.1. The van der Waals surface area contributed by atoms with Gasteiger partial charge in [-0.05, 0) is 53.8 Å². The maximum absolute atomic E-state index is 13.6. The molecule has 0 N–H and O–H groups in total. The van der Waals surface area contributed by atoms with Crippen molar-refractivity contribution in [2.75, 3.05) is 0 Å². The van der Waals surface area contributed by atoms with E-state index in [0.29, 0.717) is 11.4 Å². The Morgan fingerprint density at radius 3 is 1.88 bits per heavy atom. The molecule has 210 valence electrons. The Hall–Kier alpha value is -4.71. The monoisotopic (exact) mass is 559 g/mol. The molecule has 0 amide bonds. The lowest BCUT2D eigenvalue weighted by molar-refractivity contribution is -0.122. The second kappa shape index (κ2) is 11.6. The quantitative estimate of drug-likeness (QED) is 0.142. The van der Waals surface area contributed by atoms with Crippen molar-refractivity contribution >= 4 is 11.9 Å². The van der Waals surface area contributed by atoms with E-state index in [1.165, 1.54) is 6.08 Å². The molecule has 5 aromatic rings. The number of hydrogen-bond donors (Lipinski definition) is 0. The Bertz CT molecular complexity index is 1570. The molecule has 4 nitrogen and oxygen atoms in total. The number of alkyl halides is 2. The van der Waals surface area contributed by atoms with Crippen LogP contribution in [0.1, 0.15) is 48.1 Å². The first-order valence-corrected chi connectivity index (χ1v) is 14.2. The van der Waals surface area contributed by atoms with Gasteiger partial charge in [0, 0.05) is 36.7 Å². The van der Waals surface area contributed by atoms with Gasteiger partial charge in [-0.2, -0.15) is 0 Å². The van der Waals surface area contributed by atoms with Crippen LogP contribution in [0.3, 0.4) is 0 Å². The van der Waals surface area contributed by atoms with Crippen molar-refractivity contribution < 1.29 is 13.6 Å². The van der Waals surface area contributed by atoms with Crippen molar-refractivity contribution in [1.82, 2.24) is 14.5 Å². The van der Waals surface area contributed by atoms with Gasteiger partial charge in [-0.1, -0.05) is 91.0 Å². The number of hydrogen-bond acceptors (Lipinski definition) is 3. The molecule has 2 heterocycles. The largest absolute Gasteiger partial charge is 0.318 e. The third-order valence-electron chi connectivity index (χ3n) is 8.18. The molecule has 0 aliphatic heterocycles. The first-order chi connectivity index (χ1) is 20.5. The van der Waals surface area contributed by atoms with E-state index in [9.17, 15) is 13.6 Å². The zero-order valence-corrected chi connectivity index (χ0v) is 23.1. The predicted octanol–water partition coefficient (Wildman–Crippen LogP) is 8.19. The van der Waals surface area contributed by atoms with Gasteiger partial charge in [0.15, 0.2) is 5.78 Å². The van der Waals surface area contributed by atoms with Crippen LogP contribution in [0.25, 0.3) is 17.3 Å². The van der Waals surface area contributed by atoms with Gasteiger partial charge in [0.1, 0.15) is 5.54 Å². The highest BCUT2D eigenvalue weighted by molar-refractivity contribution is 5.96. The van der Waals surface area contributed by atoms with Crippen LogP contribution in [0.5, 0.6) is 0 Å². The second-order valence-electron chi connectivity index (χ2n) is 10.8. The molecule has 1 aliphatic rings. The minimum atomic E-state index is -2.66. The van der Waals surface area contributed by atoms with E-state index in [1.807, 2.05) is 79.3 Å². The van der Waals surface area contributed by atoms with E-state index in [2.05, 4.69) is 45.9 Å². The molecular weight excluding hydrogens is 528 g/mol. The summed E-state index contributed by atoms with van der Waals surface area (Å²) in [4.78, 5) is 22.2. The van der Waals surface area contributed by atoms with Crippen LogP contribution in [-0.2, 0) is 10.3 Å². The maximum Gasteiger partial charge on any atom is 0.248 e. The number of carbonyl (C=O) groups is 1. The summed E-state index contributed by atoms with van der Waals surface area (Å²) in [5.74, 6) is -3.18. The van der Waals surface area contributed by atoms with Crippen LogP contribution in [0.15, 0.2) is 128 Å². The van der Waals surface area contributed by atoms with E-state index < -0.39 is 11.5 Å². The van der Waals surface area contributed by atoms with Crippen molar-refractivity contribution in [3.63, 3.8) is 0 Å². The third kappa shape index (κ3) is 5.32. The fourth-order valence-electron chi connectivity index (χ4n) is 6.02. The Balaban J connectivity index is 1.41. The summed E-state index contributed by atoms with van der Waals surface area (Å²) in [6.45, 7) is 0. The molecule has 0 radical (unpaired) electrons. The summed E-state index contributed by atoms with van der Waals surface area (Å²) in [5, 5.41) is 0. The second-order valence-corrected chi connectivity index (χ2v) is 10.8. The van der Waals surface area contributed by atoms with Crippen molar-refractivity contribution in [3.8, 4) is 11.3 Å². The van der Waals surface area contributed by atoms with Gasteiger partial charge in [-0.25, -0.2) is 13.8 Å². The van der Waals surface area contributed by atoms with Gasteiger partial charge < -0.3 is 4.57 Å². The summed E-state index contributed by atoms with van der Waals surface area (Å²) in [6.07, 6.45) is 8.63. The van der Waals surface area contributed by atoms with E-state index in [-0.39, 0.29) is 37.4 Å². The average Bonchev–Trinajstić information content (AvgIpc) is 3.52. The summed E-state index contributed by atoms with van der Waals surface area (Å²) in [7, 11) is 0. The molecule has 42 heavy (non-hydrogen) atoms. The average molecular weight is 560 g/mol. The fourth-order valence-corrected chi connectivity index (χ4v) is 6.02. The van der Waals surface area contributed by atoms with Crippen LogP contribution < -0.4 is 0 Å². The highest BCUT2D eigenvalue weighted by atomic mass is 19.3. The van der Waals surface area contributed by atoms with Crippen molar-refractivity contribution in [3.05, 3.63) is 150 Å². The Labute approximate surface area is 244 Å². The number of allylic oxidation sites excluding steroid dienone is 1. The van der Waals surface area contributed by atoms with E-state index in [0.717, 1.165) is 22.3 Å². The molecule has 0 bridgehead atoms. The van der Waals surface area contributed by atoms with Crippen LogP contribution in [0.4, 0.5) is 8.78 Å². The summed E-state index contributed by atoms with van der Waals surface area (Å²) in [6, 6.07) is 34.9. The lowest BCUT2D eigenvalue weighted by Gasteiger charge is -2.37. The number of ketones is 1. The number of nitrogens with zero attached hydrogens (tertiary/aromatic N) is 3. The molecule has 1 fully saturated rings. The maximum atomic E-state index is 13.6. The normalized spacial score (nSPS) is 15.6. The number of pyridine rings is 1. The lowest BCUT2D eigenvalue weighted by Crippen LogP contribution is -2.36. The van der Waals surface area contributed by atoms with Crippen LogP contribution in [-0.4, -0.2) is 26.2 Å². The number of carbonyl (C=O) groups excluding carboxylic acids is 1. The molecule has 2 aromatic heterocycles. The zero-order chi connectivity index (χ0) is 29.0. The predicted molar refractivity (Wildman–Crippen MR) is 161 cm³/mol. The minimum absolute atomic E-state index is 0.135. The van der Waals surface area contributed by atoms with Gasteiger partial charge in [-0.15, -0.1) is 0 Å². The van der Waals surface area contributed by atoms with E-state index in [4.69, 9.17) is 4.98 Å². The van der Waals surface area contributed by atoms with Gasteiger partial charge in [-0.3, -0.25) is 9.78 Å². The molecule has 0 saturated heterocycles. The van der Waals surface area contributed by atoms with Crippen molar-refractivity contribution in [2.24, 2.45) is 5.92 Å². The Kier molecular flexibility index (Phi) is 7.62. The number of aromatic nitrogens is 3. The van der Waals surface area contributed by atoms with Gasteiger partial charge in [0.25, 0.3) is 0 Å². The molecule has 6 heteroatoms. The highest BCUT2D eigenvalue weighted by Crippen LogP contribution is 2.41. The number of imidazole rings is 1. The van der Waals surface area contributed by atoms with E-state index >= 15 is 0 Å². The number of rotatable bonds is 8. The highest BCUT2D eigenvalue weighted by Gasteiger charge is 2.39. The molecule has 3 aromatic carbocycles. The summed E-state index contributed by atoms with van der Waals surface area (Å²) >= 11 is 0. The van der Waals surface area contributed by atoms with Gasteiger partial charge in [0.2, 0.25) is 5.92 Å². The van der Waals surface area contributed by atoms with Crippen molar-refractivity contribution in [2.45, 2.75) is 37.1 Å². The number of benzene rings is 3. The van der Waals surface area contributed by atoms with E-state index in [1.54, 1.807) is 12.3 Å². The fraction of sp³-hybridized carbons (Fsp3) is 0.194. The summed E-state index contributed by atoms with van der Waals surface area (Å²) < 4.78 is 29.3. The van der Waals surface area contributed by atoms with Crippen LogP contribution >= 0.6 is 0 Å². The standard InChI is InChI=1S/C36H31F2N3O/c37-35(38)22-20-27(21-23-35)34(42)19-18-32-31(17-10-24-39-32)33-25-41(26-40-33)36(28-11-4-1-5-12-28,29-13-6-2-7-14-29)30-15-8-3-9-16-30/h1-19,24-27H,20-23H2/b19-18+. The van der Waals surface area contributed by atoms with Crippen LogP contribution in [0.2, 0.25) is 0 Å². The molecule has 1 saturated carbocycles. The smallest absolute Gasteiger partial charge is 0.248 e. The number of halogens is 2. The molecule has 0 unspecified atom stereocenters. The van der Waals surface area contributed by atoms with Crippen molar-refractivity contribution in [1.29, 1.82) is 0 Å². The minimum Gasteiger partial charge on any atom is -0.318 e. The SMILES string of the molecule is O=C(/C=C/c1ncccc1-c1cn(C(c2ccccc2)(c2ccccc2)c2ccccc2)cn1)C1CCC(F)(F)CC1. The van der Waals surface area contributed by atoms with Gasteiger partial charge >= 0.3 is 0 Å². The molecule has 0 atom stereocenters. The lowest BCUT2D eigenvalue weighted by atomic mass is 9.77. The van der Waals surface area contributed by atoms with Gasteiger partial charge in [0.05, 0.1) is 17.7 Å². The first-order valence-electron chi connectivity index (χ1n) is 14.2. The molecule has 6 rings (SSSR count). The molecular formula is C36H31F2N3O. The Morgan fingerprint density at radius 1 is 0.786 bits per heavy atom. The molecule has 1 aliphatic carbocycles. The Morgan fingerprint density at radius 2 is 1.33 bits per heavy atom. The topological polar surface area (TPSA) is 47.8 Å². The third-order valence-corrected chi connectivity index (χ3v) is 8.18. The molecule has 0 spiro atoms. The first kappa shape index (κ1) is 27.5. The summed E-state index contributed by atoms with van der Waals surface area (Å²) in [5.41, 5.74) is 4.64. The van der Waals surface area contributed by atoms with Crippen LogP contribution in [0, 0.1) is 5.92 Å².